The lowest BCUT2D eigenvalue weighted by Gasteiger charge is -2.44. The maximum atomic E-state index is 13.2. The summed E-state index contributed by atoms with van der Waals surface area (Å²) in [6, 6.07) is 21.8. The number of hydrogen-bond acceptors (Lipinski definition) is 3. The number of anilines is 1. The van der Waals surface area contributed by atoms with Gasteiger partial charge in [-0.05, 0) is 43.4 Å². The zero-order valence-corrected chi connectivity index (χ0v) is 19.0. The Morgan fingerprint density at radius 1 is 0.906 bits per heavy atom. The number of thioether (sulfide) groups is 1. The second-order valence-electron chi connectivity index (χ2n) is 8.56. The van der Waals surface area contributed by atoms with Crippen molar-refractivity contribution in [3.63, 3.8) is 0 Å². The van der Waals surface area contributed by atoms with Crippen LogP contribution in [0.25, 0.3) is 10.8 Å². The molecule has 1 spiro atoms. The number of urea groups is 1. The van der Waals surface area contributed by atoms with Crippen molar-refractivity contribution in [2.24, 2.45) is 0 Å². The smallest absolute Gasteiger partial charge is 0.321 e. The first-order valence-electron chi connectivity index (χ1n) is 11.1. The van der Waals surface area contributed by atoms with Gasteiger partial charge >= 0.3 is 6.03 Å². The maximum Gasteiger partial charge on any atom is 0.321 e. The number of nitrogens with zero attached hydrogens (tertiary/aromatic N) is 2. The number of fused-ring (bicyclic) bond motifs is 1. The molecule has 1 N–H and O–H groups in total. The number of rotatable bonds is 2. The molecular formula is C26H27N3O2S. The molecule has 0 saturated carbocycles. The molecule has 3 amide bonds. The fourth-order valence-corrected chi connectivity index (χ4v) is 6.20. The Labute approximate surface area is 192 Å². The molecule has 3 aromatic carbocycles. The molecule has 32 heavy (non-hydrogen) atoms. The molecule has 0 aliphatic carbocycles. The molecule has 0 atom stereocenters. The first-order chi connectivity index (χ1) is 15.6. The van der Waals surface area contributed by atoms with Crippen LogP contribution < -0.4 is 5.32 Å². The molecule has 2 fully saturated rings. The Hall–Kier alpha value is -2.99. The largest absolute Gasteiger partial charge is 0.324 e. The van der Waals surface area contributed by atoms with E-state index in [4.69, 9.17) is 0 Å². The number of benzene rings is 3. The van der Waals surface area contributed by atoms with Crippen LogP contribution in [-0.2, 0) is 0 Å². The van der Waals surface area contributed by atoms with E-state index in [1.54, 1.807) is 0 Å². The summed E-state index contributed by atoms with van der Waals surface area (Å²) in [5.41, 5.74) is 2.73. The van der Waals surface area contributed by atoms with E-state index in [0.717, 1.165) is 52.7 Å². The van der Waals surface area contributed by atoms with Gasteiger partial charge in [0, 0.05) is 36.3 Å². The lowest BCUT2D eigenvalue weighted by molar-refractivity contribution is 0.0585. The highest BCUT2D eigenvalue weighted by molar-refractivity contribution is 8.00. The van der Waals surface area contributed by atoms with Crippen molar-refractivity contribution in [1.82, 2.24) is 9.80 Å². The van der Waals surface area contributed by atoms with E-state index in [9.17, 15) is 9.59 Å². The number of hydrogen-bond donors (Lipinski definition) is 1. The average Bonchev–Trinajstić information content (AvgIpc) is 3.22. The Bertz CT molecular complexity index is 1150. The summed E-state index contributed by atoms with van der Waals surface area (Å²) in [5.74, 6) is 1.04. The van der Waals surface area contributed by atoms with Gasteiger partial charge < -0.3 is 15.1 Å². The van der Waals surface area contributed by atoms with Gasteiger partial charge in [-0.15, -0.1) is 11.8 Å². The van der Waals surface area contributed by atoms with Gasteiger partial charge in [0.25, 0.3) is 5.91 Å². The average molecular weight is 446 g/mol. The molecule has 0 radical (unpaired) electrons. The Kier molecular flexibility index (Phi) is 5.55. The third kappa shape index (κ3) is 3.84. The number of carbonyl (C=O) groups excluding carboxylic acids is 2. The predicted molar refractivity (Wildman–Crippen MR) is 131 cm³/mol. The van der Waals surface area contributed by atoms with Gasteiger partial charge in [-0.3, -0.25) is 4.79 Å². The highest BCUT2D eigenvalue weighted by Crippen LogP contribution is 2.44. The second-order valence-corrected chi connectivity index (χ2v) is 10.0. The van der Waals surface area contributed by atoms with E-state index in [1.165, 1.54) is 0 Å². The van der Waals surface area contributed by atoms with Gasteiger partial charge in [0.05, 0.1) is 10.6 Å². The van der Waals surface area contributed by atoms with Gasteiger partial charge in [-0.1, -0.05) is 54.1 Å². The fraction of sp³-hybridized carbons (Fsp3) is 0.308. The zero-order valence-electron chi connectivity index (χ0n) is 18.2. The summed E-state index contributed by atoms with van der Waals surface area (Å²) in [6.45, 7) is 4.07. The van der Waals surface area contributed by atoms with E-state index in [2.05, 4.69) is 5.32 Å². The van der Waals surface area contributed by atoms with Crippen LogP contribution in [0.5, 0.6) is 0 Å². The van der Waals surface area contributed by atoms with Crippen LogP contribution in [0.1, 0.15) is 28.8 Å². The van der Waals surface area contributed by atoms with E-state index in [1.807, 2.05) is 95.2 Å². The van der Waals surface area contributed by atoms with Crippen molar-refractivity contribution in [2.75, 3.05) is 30.7 Å². The Morgan fingerprint density at radius 3 is 2.41 bits per heavy atom. The quantitative estimate of drug-likeness (QED) is 0.578. The SMILES string of the molecule is Cc1ccc(C(=O)N2CCSC23CCN(C(=O)Nc2cccc4ccccc24)CC3)cc1. The van der Waals surface area contributed by atoms with Crippen LogP contribution in [0.4, 0.5) is 10.5 Å². The van der Waals surface area contributed by atoms with E-state index < -0.39 is 0 Å². The van der Waals surface area contributed by atoms with Gasteiger partial charge in [0.2, 0.25) is 0 Å². The predicted octanol–water partition coefficient (Wildman–Crippen LogP) is 5.36. The minimum absolute atomic E-state index is 0.0735. The van der Waals surface area contributed by atoms with Crippen LogP contribution in [0.15, 0.2) is 66.7 Å². The zero-order chi connectivity index (χ0) is 22.1. The standard InChI is InChI=1S/C26H27N3O2S/c1-19-9-11-21(12-10-19)24(30)29-17-18-32-26(29)13-15-28(16-14-26)25(31)27-23-8-4-6-20-5-2-3-7-22(20)23/h2-12H,13-18H2,1H3,(H,27,31). The third-order valence-corrected chi connectivity index (χ3v) is 8.14. The number of piperidine rings is 1. The van der Waals surface area contributed by atoms with E-state index in [0.29, 0.717) is 13.1 Å². The summed E-state index contributed by atoms with van der Waals surface area (Å²) < 4.78 is 0. The fourth-order valence-electron chi connectivity index (χ4n) is 4.75. The molecule has 2 aliphatic rings. The molecule has 5 nitrogen and oxygen atoms in total. The van der Waals surface area contributed by atoms with Crippen molar-refractivity contribution in [1.29, 1.82) is 0 Å². The number of aryl methyl sites for hydroxylation is 1. The number of carbonyl (C=O) groups is 2. The molecule has 2 saturated heterocycles. The number of nitrogens with one attached hydrogen (secondary N) is 1. The van der Waals surface area contributed by atoms with Crippen LogP contribution in [0.2, 0.25) is 0 Å². The van der Waals surface area contributed by atoms with E-state index in [-0.39, 0.29) is 16.8 Å². The highest BCUT2D eigenvalue weighted by atomic mass is 32.2. The molecule has 2 heterocycles. The minimum Gasteiger partial charge on any atom is -0.324 e. The third-order valence-electron chi connectivity index (χ3n) is 6.58. The van der Waals surface area contributed by atoms with Crippen molar-refractivity contribution < 1.29 is 9.59 Å². The molecule has 0 bridgehead atoms. The second kappa shape index (κ2) is 8.51. The summed E-state index contributed by atoms with van der Waals surface area (Å²) in [4.78, 5) is 30.0. The molecular weight excluding hydrogens is 418 g/mol. The van der Waals surface area contributed by atoms with Crippen LogP contribution >= 0.6 is 11.8 Å². The molecule has 6 heteroatoms. The molecule has 2 aliphatic heterocycles. The number of amides is 3. The summed E-state index contributed by atoms with van der Waals surface area (Å²) >= 11 is 1.87. The topological polar surface area (TPSA) is 52.7 Å². The highest BCUT2D eigenvalue weighted by Gasteiger charge is 2.47. The Morgan fingerprint density at radius 2 is 1.62 bits per heavy atom. The van der Waals surface area contributed by atoms with Gasteiger partial charge in [0.15, 0.2) is 0 Å². The van der Waals surface area contributed by atoms with Gasteiger partial charge in [0.1, 0.15) is 0 Å². The Balaban J connectivity index is 1.27. The molecule has 164 valence electrons. The summed E-state index contributed by atoms with van der Waals surface area (Å²) in [5, 5.41) is 5.25. The summed E-state index contributed by atoms with van der Waals surface area (Å²) in [7, 11) is 0. The molecule has 0 aromatic heterocycles. The first-order valence-corrected chi connectivity index (χ1v) is 12.1. The number of likely N-dealkylation sites (tertiary alicyclic amines) is 1. The van der Waals surface area contributed by atoms with Crippen molar-refractivity contribution in [3.8, 4) is 0 Å². The van der Waals surface area contributed by atoms with Crippen molar-refractivity contribution >= 4 is 40.2 Å². The van der Waals surface area contributed by atoms with E-state index >= 15 is 0 Å². The lowest BCUT2D eigenvalue weighted by Crippen LogP contribution is -2.54. The molecule has 5 rings (SSSR count). The van der Waals surface area contributed by atoms with Crippen LogP contribution in [0, 0.1) is 6.92 Å². The van der Waals surface area contributed by atoms with Crippen LogP contribution in [0.3, 0.4) is 0 Å². The normalized spacial score (nSPS) is 17.7. The van der Waals surface area contributed by atoms with Crippen molar-refractivity contribution in [3.05, 3.63) is 77.9 Å². The van der Waals surface area contributed by atoms with Crippen LogP contribution in [-0.4, -0.2) is 52.0 Å². The minimum atomic E-state index is -0.210. The van der Waals surface area contributed by atoms with Gasteiger partial charge in [-0.2, -0.15) is 0 Å². The molecule has 3 aromatic rings. The summed E-state index contributed by atoms with van der Waals surface area (Å²) in [6.07, 6.45) is 1.58. The first kappa shape index (κ1) is 20.9. The molecule has 0 unspecified atom stereocenters. The van der Waals surface area contributed by atoms with Crippen molar-refractivity contribution in [2.45, 2.75) is 24.6 Å². The lowest BCUT2D eigenvalue weighted by atomic mass is 10.0. The van der Waals surface area contributed by atoms with Gasteiger partial charge in [-0.25, -0.2) is 4.79 Å². The maximum absolute atomic E-state index is 13.2. The monoisotopic (exact) mass is 445 g/mol.